The summed E-state index contributed by atoms with van der Waals surface area (Å²) < 4.78 is 37.0. The Morgan fingerprint density at radius 3 is 2.36 bits per heavy atom. The number of aryl methyl sites for hydroxylation is 1. The van der Waals surface area contributed by atoms with E-state index in [0.29, 0.717) is 18.0 Å². The quantitative estimate of drug-likeness (QED) is 0.811. The van der Waals surface area contributed by atoms with E-state index < -0.39 is 10.0 Å². The molecular formula is C15H19NO4S2. The molecule has 0 unspecified atom stereocenters. The Bertz CT molecular complexity index is 753. The van der Waals surface area contributed by atoms with Gasteiger partial charge < -0.3 is 9.47 Å². The lowest BCUT2D eigenvalue weighted by molar-refractivity contribution is 0.353. The van der Waals surface area contributed by atoms with Crippen LogP contribution in [0.1, 0.15) is 10.4 Å². The van der Waals surface area contributed by atoms with E-state index in [0.717, 1.165) is 10.4 Å². The van der Waals surface area contributed by atoms with Crippen LogP contribution in [0.2, 0.25) is 0 Å². The number of hydrogen-bond donors (Lipinski definition) is 0. The molecule has 0 aliphatic carbocycles. The molecule has 2 rings (SSSR count). The highest BCUT2D eigenvalue weighted by molar-refractivity contribution is 7.89. The summed E-state index contributed by atoms with van der Waals surface area (Å²) in [6.45, 7) is 2.32. The third kappa shape index (κ3) is 3.26. The molecule has 0 bridgehead atoms. The van der Waals surface area contributed by atoms with E-state index >= 15 is 0 Å². The largest absolute Gasteiger partial charge is 0.493 e. The standard InChI is InChI=1S/C15H19NO4S2/c1-11-7-8-21-15(11)10-16(2)22(17,18)12-5-6-13(19-3)14(9-12)20-4/h5-9H,10H2,1-4H3. The lowest BCUT2D eigenvalue weighted by Gasteiger charge is -2.18. The predicted molar refractivity (Wildman–Crippen MR) is 87.3 cm³/mol. The molecule has 22 heavy (non-hydrogen) atoms. The highest BCUT2D eigenvalue weighted by atomic mass is 32.2. The summed E-state index contributed by atoms with van der Waals surface area (Å²) in [6, 6.07) is 6.58. The maximum Gasteiger partial charge on any atom is 0.243 e. The normalized spacial score (nSPS) is 11.7. The summed E-state index contributed by atoms with van der Waals surface area (Å²) in [6.07, 6.45) is 0. The van der Waals surface area contributed by atoms with E-state index in [4.69, 9.17) is 9.47 Å². The van der Waals surface area contributed by atoms with Crippen LogP contribution in [0.5, 0.6) is 11.5 Å². The average molecular weight is 341 g/mol. The highest BCUT2D eigenvalue weighted by Crippen LogP contribution is 2.31. The van der Waals surface area contributed by atoms with Crippen LogP contribution in [0.3, 0.4) is 0 Å². The van der Waals surface area contributed by atoms with Gasteiger partial charge in [-0.25, -0.2) is 8.42 Å². The van der Waals surface area contributed by atoms with E-state index in [9.17, 15) is 8.42 Å². The van der Waals surface area contributed by atoms with Crippen LogP contribution in [0, 0.1) is 6.92 Å². The highest BCUT2D eigenvalue weighted by Gasteiger charge is 2.23. The first kappa shape index (κ1) is 16.8. The lowest BCUT2D eigenvalue weighted by atomic mass is 10.3. The molecule has 0 saturated carbocycles. The fourth-order valence-corrected chi connectivity index (χ4v) is 4.21. The van der Waals surface area contributed by atoms with Gasteiger partial charge in [0.1, 0.15) is 0 Å². The van der Waals surface area contributed by atoms with E-state index in [1.807, 2.05) is 18.4 Å². The van der Waals surface area contributed by atoms with E-state index in [-0.39, 0.29) is 4.90 Å². The number of hydrogen-bond acceptors (Lipinski definition) is 5. The Morgan fingerprint density at radius 2 is 1.82 bits per heavy atom. The van der Waals surface area contributed by atoms with E-state index in [2.05, 4.69) is 0 Å². The van der Waals surface area contributed by atoms with Gasteiger partial charge in [-0.1, -0.05) is 0 Å². The van der Waals surface area contributed by atoms with Crippen molar-refractivity contribution in [3.05, 3.63) is 40.1 Å². The van der Waals surface area contributed by atoms with Gasteiger partial charge in [0, 0.05) is 24.5 Å². The number of ether oxygens (including phenoxy) is 2. The van der Waals surface area contributed by atoms with Crippen molar-refractivity contribution >= 4 is 21.4 Å². The molecule has 1 aromatic heterocycles. The molecule has 0 amide bonds. The van der Waals surface area contributed by atoms with Gasteiger partial charge in [0.15, 0.2) is 11.5 Å². The maximum absolute atomic E-state index is 12.7. The third-order valence-corrected chi connectivity index (χ3v) is 6.20. The molecule has 120 valence electrons. The molecule has 2 aromatic rings. The van der Waals surface area contributed by atoms with Crippen LogP contribution < -0.4 is 9.47 Å². The van der Waals surface area contributed by atoms with Crippen molar-refractivity contribution in [3.8, 4) is 11.5 Å². The summed E-state index contributed by atoms with van der Waals surface area (Å²) in [5, 5.41) is 1.96. The van der Waals surface area contributed by atoms with Crippen LogP contribution in [0.15, 0.2) is 34.5 Å². The minimum Gasteiger partial charge on any atom is -0.493 e. The van der Waals surface area contributed by atoms with Gasteiger partial charge in [-0.3, -0.25) is 0 Å². The molecule has 0 aliphatic heterocycles. The van der Waals surface area contributed by atoms with Crippen LogP contribution in [0.25, 0.3) is 0 Å². The Balaban J connectivity index is 2.31. The minimum atomic E-state index is -3.58. The molecule has 0 N–H and O–H groups in total. The number of rotatable bonds is 6. The first-order valence-corrected chi connectivity index (χ1v) is 8.93. The van der Waals surface area contributed by atoms with Crippen molar-refractivity contribution in [2.24, 2.45) is 0 Å². The number of thiophene rings is 1. The number of benzene rings is 1. The second-order valence-electron chi connectivity index (χ2n) is 4.80. The minimum absolute atomic E-state index is 0.182. The topological polar surface area (TPSA) is 55.8 Å². The van der Waals surface area contributed by atoms with Gasteiger partial charge in [-0.05, 0) is 36.1 Å². The summed E-state index contributed by atoms with van der Waals surface area (Å²) in [7, 11) is 0.980. The molecule has 5 nitrogen and oxygen atoms in total. The van der Waals surface area contributed by atoms with Crippen molar-refractivity contribution < 1.29 is 17.9 Å². The van der Waals surface area contributed by atoms with Crippen LogP contribution >= 0.6 is 11.3 Å². The Kier molecular flexibility index (Phi) is 5.10. The lowest BCUT2D eigenvalue weighted by Crippen LogP contribution is -2.26. The van der Waals surface area contributed by atoms with E-state index in [1.54, 1.807) is 24.5 Å². The molecule has 0 spiro atoms. The van der Waals surface area contributed by atoms with Gasteiger partial charge >= 0.3 is 0 Å². The molecular weight excluding hydrogens is 322 g/mol. The molecule has 7 heteroatoms. The fourth-order valence-electron chi connectivity index (χ4n) is 2.01. The Hall–Kier alpha value is -1.57. The molecule has 0 radical (unpaired) electrons. The van der Waals surface area contributed by atoms with Gasteiger partial charge in [0.05, 0.1) is 19.1 Å². The fraction of sp³-hybridized carbons (Fsp3) is 0.333. The van der Waals surface area contributed by atoms with E-state index in [1.165, 1.54) is 30.7 Å². The predicted octanol–water partition coefficient (Wildman–Crippen LogP) is 2.89. The third-order valence-electron chi connectivity index (χ3n) is 3.40. The zero-order chi connectivity index (χ0) is 16.3. The zero-order valence-electron chi connectivity index (χ0n) is 13.0. The monoisotopic (exact) mass is 341 g/mol. The SMILES string of the molecule is COc1ccc(S(=O)(=O)N(C)Cc2sccc2C)cc1OC. The average Bonchev–Trinajstić information content (AvgIpc) is 2.91. The number of sulfonamides is 1. The summed E-state index contributed by atoms with van der Waals surface area (Å²) in [5.74, 6) is 0.891. The molecule has 1 heterocycles. The van der Waals surface area contributed by atoms with Crippen LogP contribution in [-0.4, -0.2) is 34.0 Å². The van der Waals surface area contributed by atoms with Gasteiger partial charge in [0.25, 0.3) is 0 Å². The van der Waals surface area contributed by atoms with Gasteiger partial charge in [-0.2, -0.15) is 4.31 Å². The molecule has 0 fully saturated rings. The smallest absolute Gasteiger partial charge is 0.243 e. The first-order valence-electron chi connectivity index (χ1n) is 6.61. The van der Waals surface area contributed by atoms with Crippen molar-refractivity contribution in [1.82, 2.24) is 4.31 Å². The Morgan fingerprint density at radius 1 is 1.14 bits per heavy atom. The number of nitrogens with zero attached hydrogens (tertiary/aromatic N) is 1. The number of methoxy groups -OCH3 is 2. The molecule has 0 atom stereocenters. The van der Waals surface area contributed by atoms with Crippen LogP contribution in [-0.2, 0) is 16.6 Å². The van der Waals surface area contributed by atoms with Crippen molar-refractivity contribution in [1.29, 1.82) is 0 Å². The maximum atomic E-state index is 12.7. The van der Waals surface area contributed by atoms with Crippen molar-refractivity contribution in [3.63, 3.8) is 0 Å². The summed E-state index contributed by atoms with van der Waals surface area (Å²) in [4.78, 5) is 1.22. The summed E-state index contributed by atoms with van der Waals surface area (Å²) in [5.41, 5.74) is 1.10. The second kappa shape index (κ2) is 6.68. The second-order valence-corrected chi connectivity index (χ2v) is 7.85. The zero-order valence-corrected chi connectivity index (χ0v) is 14.6. The summed E-state index contributed by atoms with van der Waals surface area (Å²) >= 11 is 1.55. The van der Waals surface area contributed by atoms with Crippen LogP contribution in [0.4, 0.5) is 0 Å². The first-order chi connectivity index (χ1) is 10.4. The molecule has 1 aromatic carbocycles. The van der Waals surface area contributed by atoms with Gasteiger partial charge in [0.2, 0.25) is 10.0 Å². The Labute approximate surface area is 135 Å². The molecule has 0 aliphatic rings. The van der Waals surface area contributed by atoms with Crippen molar-refractivity contribution in [2.45, 2.75) is 18.4 Å². The van der Waals surface area contributed by atoms with Crippen molar-refractivity contribution in [2.75, 3.05) is 21.3 Å². The van der Waals surface area contributed by atoms with Gasteiger partial charge in [-0.15, -0.1) is 11.3 Å². The molecule has 0 saturated heterocycles.